The summed E-state index contributed by atoms with van der Waals surface area (Å²) < 4.78 is 0. The van der Waals surface area contributed by atoms with E-state index in [-0.39, 0.29) is 17.9 Å². The van der Waals surface area contributed by atoms with Crippen molar-refractivity contribution in [3.05, 3.63) is 29.3 Å². The summed E-state index contributed by atoms with van der Waals surface area (Å²) in [7, 11) is 0. The Labute approximate surface area is 129 Å². The molecule has 5 heteroatoms. The molecule has 114 valence electrons. The fourth-order valence-electron chi connectivity index (χ4n) is 2.30. The summed E-state index contributed by atoms with van der Waals surface area (Å²) in [5.74, 6) is -0.283. The number of thioether (sulfide) groups is 1. The molecule has 21 heavy (non-hydrogen) atoms. The third-order valence-corrected chi connectivity index (χ3v) is 4.92. The third-order valence-electron chi connectivity index (χ3n) is 3.93. The van der Waals surface area contributed by atoms with Gasteiger partial charge in [0.05, 0.1) is 5.92 Å². The van der Waals surface area contributed by atoms with Crippen molar-refractivity contribution in [1.82, 2.24) is 5.32 Å². The SMILES string of the molecule is Cc1ccc(SCCC(=O)NC2CC(C(=O)O)C2)cc1C. The number of benzene rings is 1. The Hall–Kier alpha value is -1.49. The standard InChI is InChI=1S/C16H21NO3S/c1-10-3-4-14(7-11(10)2)21-6-5-15(18)17-13-8-12(9-13)16(19)20/h3-4,7,12-13H,5-6,8-9H2,1-2H3,(H,17,18)(H,19,20). The molecule has 4 nitrogen and oxygen atoms in total. The molecule has 0 atom stereocenters. The second-order valence-corrected chi connectivity index (χ2v) is 6.78. The molecule has 0 spiro atoms. The first-order valence-corrected chi connectivity index (χ1v) is 8.16. The number of nitrogens with one attached hydrogen (secondary N) is 1. The van der Waals surface area contributed by atoms with E-state index >= 15 is 0 Å². The van der Waals surface area contributed by atoms with E-state index in [2.05, 4.69) is 37.4 Å². The van der Waals surface area contributed by atoms with Crippen LogP contribution < -0.4 is 5.32 Å². The normalized spacial score (nSPS) is 20.7. The van der Waals surface area contributed by atoms with E-state index in [1.54, 1.807) is 11.8 Å². The number of carbonyl (C=O) groups is 2. The molecule has 0 radical (unpaired) electrons. The first-order chi connectivity index (χ1) is 9.95. The Morgan fingerprint density at radius 2 is 2.00 bits per heavy atom. The Bertz CT molecular complexity index is 538. The topological polar surface area (TPSA) is 66.4 Å². The molecular weight excluding hydrogens is 286 g/mol. The number of aryl methyl sites for hydroxylation is 2. The van der Waals surface area contributed by atoms with E-state index in [4.69, 9.17) is 5.11 Å². The van der Waals surface area contributed by atoms with Gasteiger partial charge in [-0.25, -0.2) is 0 Å². The number of carboxylic acid groups (broad SMARTS) is 1. The van der Waals surface area contributed by atoms with E-state index < -0.39 is 5.97 Å². The second-order valence-electron chi connectivity index (χ2n) is 5.62. The number of amides is 1. The van der Waals surface area contributed by atoms with Gasteiger partial charge >= 0.3 is 5.97 Å². The first-order valence-electron chi connectivity index (χ1n) is 7.18. The molecule has 2 N–H and O–H groups in total. The summed E-state index contributed by atoms with van der Waals surface area (Å²) in [5, 5.41) is 11.7. The van der Waals surface area contributed by atoms with Crippen LogP contribution in [0.3, 0.4) is 0 Å². The van der Waals surface area contributed by atoms with Crippen molar-refractivity contribution in [3.63, 3.8) is 0 Å². The van der Waals surface area contributed by atoms with E-state index in [9.17, 15) is 9.59 Å². The second kappa shape index (κ2) is 6.98. The van der Waals surface area contributed by atoms with Gasteiger partial charge in [0.15, 0.2) is 0 Å². The Kier molecular flexibility index (Phi) is 5.28. The van der Waals surface area contributed by atoms with Crippen molar-refractivity contribution >= 4 is 23.6 Å². The van der Waals surface area contributed by atoms with E-state index in [0.29, 0.717) is 19.3 Å². The van der Waals surface area contributed by atoms with Gasteiger partial charge in [0.1, 0.15) is 0 Å². The monoisotopic (exact) mass is 307 g/mol. The average Bonchev–Trinajstić information content (AvgIpc) is 2.37. The van der Waals surface area contributed by atoms with Gasteiger partial charge in [-0.1, -0.05) is 6.07 Å². The highest BCUT2D eigenvalue weighted by molar-refractivity contribution is 7.99. The minimum Gasteiger partial charge on any atom is -0.481 e. The van der Waals surface area contributed by atoms with Gasteiger partial charge in [0.25, 0.3) is 0 Å². The van der Waals surface area contributed by atoms with Gasteiger partial charge in [-0.2, -0.15) is 0 Å². The molecular formula is C16H21NO3S. The minimum absolute atomic E-state index is 0.0140. The lowest BCUT2D eigenvalue weighted by Gasteiger charge is -2.32. The molecule has 2 rings (SSSR count). The van der Waals surface area contributed by atoms with Crippen LogP contribution in [0.25, 0.3) is 0 Å². The predicted molar refractivity (Wildman–Crippen MR) is 83.5 cm³/mol. The number of carbonyl (C=O) groups excluding carboxylic acids is 1. The smallest absolute Gasteiger partial charge is 0.306 e. The fraction of sp³-hybridized carbons (Fsp3) is 0.500. The molecule has 0 aromatic heterocycles. The van der Waals surface area contributed by atoms with Crippen LogP contribution in [0.4, 0.5) is 0 Å². The van der Waals surface area contributed by atoms with Gasteiger partial charge < -0.3 is 10.4 Å². The van der Waals surface area contributed by atoms with E-state index in [1.807, 2.05) is 0 Å². The van der Waals surface area contributed by atoms with E-state index in [0.717, 1.165) is 5.75 Å². The summed E-state index contributed by atoms with van der Waals surface area (Å²) in [6, 6.07) is 6.36. The van der Waals surface area contributed by atoms with Crippen LogP contribution >= 0.6 is 11.8 Å². The fourth-order valence-corrected chi connectivity index (χ4v) is 3.25. The first kappa shape index (κ1) is 15.9. The highest BCUT2D eigenvalue weighted by Crippen LogP contribution is 2.27. The van der Waals surface area contributed by atoms with Crippen molar-refractivity contribution in [2.45, 2.75) is 44.0 Å². The van der Waals surface area contributed by atoms with Crippen molar-refractivity contribution in [1.29, 1.82) is 0 Å². The van der Waals surface area contributed by atoms with E-state index in [1.165, 1.54) is 16.0 Å². The lowest BCUT2D eigenvalue weighted by atomic mass is 9.80. The van der Waals surface area contributed by atoms with Gasteiger partial charge in [0, 0.05) is 23.1 Å². The molecule has 0 saturated heterocycles. The van der Waals surface area contributed by atoms with Crippen molar-refractivity contribution in [2.24, 2.45) is 5.92 Å². The largest absolute Gasteiger partial charge is 0.481 e. The van der Waals surface area contributed by atoms with Crippen LogP contribution in [0.15, 0.2) is 23.1 Å². The molecule has 1 aromatic carbocycles. The van der Waals surface area contributed by atoms with Crippen LogP contribution in [-0.2, 0) is 9.59 Å². The Balaban J connectivity index is 1.65. The quantitative estimate of drug-likeness (QED) is 0.793. The number of rotatable bonds is 6. The van der Waals surface area contributed by atoms with Crippen LogP contribution in [0.1, 0.15) is 30.4 Å². The maximum Gasteiger partial charge on any atom is 0.306 e. The van der Waals surface area contributed by atoms with Crippen molar-refractivity contribution in [2.75, 3.05) is 5.75 Å². The molecule has 1 fully saturated rings. The van der Waals surface area contributed by atoms with Crippen LogP contribution in [0.5, 0.6) is 0 Å². The molecule has 1 amide bonds. The highest BCUT2D eigenvalue weighted by atomic mass is 32.2. The molecule has 1 saturated carbocycles. The molecule has 0 unspecified atom stereocenters. The zero-order valence-electron chi connectivity index (χ0n) is 12.4. The molecule has 1 aromatic rings. The molecule has 0 heterocycles. The molecule has 0 bridgehead atoms. The summed E-state index contributed by atoms with van der Waals surface area (Å²) in [4.78, 5) is 23.6. The number of carboxylic acids is 1. The number of aliphatic carboxylic acids is 1. The lowest BCUT2D eigenvalue weighted by Crippen LogP contribution is -2.46. The van der Waals surface area contributed by atoms with Gasteiger partial charge in [-0.3, -0.25) is 9.59 Å². The average molecular weight is 307 g/mol. The molecule has 1 aliphatic carbocycles. The molecule has 0 aliphatic heterocycles. The van der Waals surface area contributed by atoms with Crippen LogP contribution in [-0.4, -0.2) is 28.8 Å². The summed E-state index contributed by atoms with van der Waals surface area (Å²) in [6.45, 7) is 4.17. The van der Waals surface area contributed by atoms with Gasteiger partial charge in [-0.15, -0.1) is 11.8 Å². The summed E-state index contributed by atoms with van der Waals surface area (Å²) in [6.07, 6.45) is 1.59. The van der Waals surface area contributed by atoms with Gasteiger partial charge in [0.2, 0.25) is 5.91 Å². The zero-order valence-corrected chi connectivity index (χ0v) is 13.2. The zero-order chi connectivity index (χ0) is 15.4. The van der Waals surface area contributed by atoms with Crippen LogP contribution in [0, 0.1) is 19.8 Å². The summed E-state index contributed by atoms with van der Waals surface area (Å²) >= 11 is 1.67. The summed E-state index contributed by atoms with van der Waals surface area (Å²) in [5.41, 5.74) is 2.54. The predicted octanol–water partition coefficient (Wildman–Crippen LogP) is 2.77. The minimum atomic E-state index is -0.759. The number of hydrogen-bond acceptors (Lipinski definition) is 3. The number of hydrogen-bond donors (Lipinski definition) is 2. The van der Waals surface area contributed by atoms with Gasteiger partial charge in [-0.05, 0) is 49.9 Å². The highest BCUT2D eigenvalue weighted by Gasteiger charge is 2.34. The molecule has 1 aliphatic rings. The maximum atomic E-state index is 11.8. The lowest BCUT2D eigenvalue weighted by molar-refractivity contribution is -0.146. The maximum absolute atomic E-state index is 11.8. The van der Waals surface area contributed by atoms with Crippen LogP contribution in [0.2, 0.25) is 0 Å². The Morgan fingerprint density at radius 3 is 2.62 bits per heavy atom. The van der Waals surface area contributed by atoms with Crippen molar-refractivity contribution in [3.8, 4) is 0 Å². The van der Waals surface area contributed by atoms with Crippen molar-refractivity contribution < 1.29 is 14.7 Å². The Morgan fingerprint density at radius 1 is 1.29 bits per heavy atom. The third kappa shape index (κ3) is 4.49.